The highest BCUT2D eigenvalue weighted by Crippen LogP contribution is 2.15. The molecule has 3 heteroatoms. The second-order valence-electron chi connectivity index (χ2n) is 2.97. The van der Waals surface area contributed by atoms with E-state index in [9.17, 15) is 4.79 Å². The molecule has 0 aliphatic heterocycles. The number of nitrogen functional groups attached to an aromatic ring is 1. The summed E-state index contributed by atoms with van der Waals surface area (Å²) >= 11 is 0. The molecule has 0 aliphatic carbocycles. The number of carbonyl (C=O) groups is 1. The average Bonchev–Trinajstić information content (AvgIpc) is 2.08. The lowest BCUT2D eigenvalue weighted by Gasteiger charge is -2.04. The number of benzene rings is 1. The first-order chi connectivity index (χ1) is 6.15. The minimum Gasteiger partial charge on any atom is -0.478 e. The molecule has 1 aromatic rings. The Hall–Kier alpha value is -1.51. The number of hydrogen-bond donors (Lipinski definition) is 2. The molecule has 0 unspecified atom stereocenters. The molecule has 70 valence electrons. The summed E-state index contributed by atoms with van der Waals surface area (Å²) < 4.78 is 0. The molecular formula is C10H13NO2. The normalized spacial score (nSPS) is 9.92. The molecule has 0 atom stereocenters. The van der Waals surface area contributed by atoms with E-state index in [4.69, 9.17) is 10.8 Å². The van der Waals surface area contributed by atoms with E-state index in [-0.39, 0.29) is 5.56 Å². The highest BCUT2D eigenvalue weighted by Gasteiger charge is 2.04. The molecule has 0 bridgehead atoms. The number of aromatic carboxylic acids is 1. The van der Waals surface area contributed by atoms with Crippen LogP contribution in [0.1, 0.15) is 29.3 Å². The molecule has 0 aromatic heterocycles. The molecule has 3 nitrogen and oxygen atoms in total. The Labute approximate surface area is 77.2 Å². The van der Waals surface area contributed by atoms with Gasteiger partial charge >= 0.3 is 5.97 Å². The van der Waals surface area contributed by atoms with Crippen LogP contribution in [-0.2, 0) is 6.42 Å². The van der Waals surface area contributed by atoms with Crippen molar-refractivity contribution in [2.45, 2.75) is 19.8 Å². The Morgan fingerprint density at radius 1 is 1.54 bits per heavy atom. The highest BCUT2D eigenvalue weighted by molar-refractivity contribution is 5.88. The zero-order chi connectivity index (χ0) is 9.84. The fourth-order valence-corrected chi connectivity index (χ4v) is 1.22. The van der Waals surface area contributed by atoms with Gasteiger partial charge in [-0.1, -0.05) is 19.4 Å². The first-order valence-electron chi connectivity index (χ1n) is 4.27. The van der Waals surface area contributed by atoms with Gasteiger partial charge in [0.2, 0.25) is 0 Å². The van der Waals surface area contributed by atoms with Crippen molar-refractivity contribution in [3.05, 3.63) is 29.3 Å². The number of nitrogens with two attached hydrogens (primary N) is 1. The van der Waals surface area contributed by atoms with Gasteiger partial charge < -0.3 is 10.8 Å². The lowest BCUT2D eigenvalue weighted by molar-refractivity contribution is 0.0697. The predicted octanol–water partition coefficient (Wildman–Crippen LogP) is 1.92. The van der Waals surface area contributed by atoms with E-state index in [1.807, 2.05) is 0 Å². The van der Waals surface area contributed by atoms with E-state index < -0.39 is 5.97 Å². The van der Waals surface area contributed by atoms with Crippen LogP contribution in [0, 0.1) is 0 Å². The number of carboxylic acid groups (broad SMARTS) is 1. The molecule has 0 fully saturated rings. The smallest absolute Gasteiger partial charge is 0.335 e. The van der Waals surface area contributed by atoms with E-state index >= 15 is 0 Å². The summed E-state index contributed by atoms with van der Waals surface area (Å²) in [6, 6.07) is 4.87. The van der Waals surface area contributed by atoms with Gasteiger partial charge in [-0.15, -0.1) is 0 Å². The summed E-state index contributed by atoms with van der Waals surface area (Å²) in [6.45, 7) is 2.06. The Bertz CT molecular complexity index is 321. The lowest BCUT2D eigenvalue weighted by Crippen LogP contribution is -2.00. The first kappa shape index (κ1) is 9.58. The van der Waals surface area contributed by atoms with Crippen LogP contribution in [-0.4, -0.2) is 11.1 Å². The predicted molar refractivity (Wildman–Crippen MR) is 51.8 cm³/mol. The first-order valence-corrected chi connectivity index (χ1v) is 4.27. The van der Waals surface area contributed by atoms with Crippen molar-refractivity contribution in [3.63, 3.8) is 0 Å². The summed E-state index contributed by atoms with van der Waals surface area (Å²) in [4.78, 5) is 10.6. The summed E-state index contributed by atoms with van der Waals surface area (Å²) in [5.74, 6) is -0.935. The number of anilines is 1. The summed E-state index contributed by atoms with van der Waals surface area (Å²) in [5.41, 5.74) is 7.52. The van der Waals surface area contributed by atoms with Gasteiger partial charge in [0.05, 0.1) is 5.56 Å². The van der Waals surface area contributed by atoms with Crippen LogP contribution in [0.4, 0.5) is 5.69 Å². The summed E-state index contributed by atoms with van der Waals surface area (Å²) in [5, 5.41) is 8.67. The van der Waals surface area contributed by atoms with E-state index in [0.29, 0.717) is 5.69 Å². The largest absolute Gasteiger partial charge is 0.478 e. The topological polar surface area (TPSA) is 63.3 Å². The van der Waals surface area contributed by atoms with Crippen molar-refractivity contribution in [2.24, 2.45) is 0 Å². The number of aryl methyl sites for hydroxylation is 1. The molecule has 0 heterocycles. The van der Waals surface area contributed by atoms with Crippen molar-refractivity contribution >= 4 is 11.7 Å². The Morgan fingerprint density at radius 3 is 2.69 bits per heavy atom. The Morgan fingerprint density at radius 2 is 2.23 bits per heavy atom. The van der Waals surface area contributed by atoms with Crippen LogP contribution in [0.3, 0.4) is 0 Å². The third-order valence-corrected chi connectivity index (χ3v) is 1.91. The molecule has 0 spiro atoms. The zero-order valence-electron chi connectivity index (χ0n) is 7.58. The highest BCUT2D eigenvalue weighted by atomic mass is 16.4. The molecule has 0 saturated heterocycles. The third-order valence-electron chi connectivity index (χ3n) is 1.91. The van der Waals surface area contributed by atoms with E-state index in [2.05, 4.69) is 6.92 Å². The van der Waals surface area contributed by atoms with Crippen LogP contribution in [0.25, 0.3) is 0 Å². The van der Waals surface area contributed by atoms with Crippen LogP contribution in [0.15, 0.2) is 18.2 Å². The molecule has 0 saturated carbocycles. The van der Waals surface area contributed by atoms with Crippen LogP contribution in [0.2, 0.25) is 0 Å². The van der Waals surface area contributed by atoms with Crippen molar-refractivity contribution in [3.8, 4) is 0 Å². The van der Waals surface area contributed by atoms with Crippen molar-refractivity contribution < 1.29 is 9.90 Å². The fourth-order valence-electron chi connectivity index (χ4n) is 1.22. The zero-order valence-corrected chi connectivity index (χ0v) is 7.58. The maximum atomic E-state index is 10.6. The van der Waals surface area contributed by atoms with Gasteiger partial charge in [-0.2, -0.15) is 0 Å². The molecule has 1 aromatic carbocycles. The molecule has 1 rings (SSSR count). The molecule has 0 radical (unpaired) electrons. The van der Waals surface area contributed by atoms with Gasteiger partial charge in [0, 0.05) is 5.69 Å². The Kier molecular flexibility index (Phi) is 2.90. The van der Waals surface area contributed by atoms with Crippen LogP contribution in [0.5, 0.6) is 0 Å². The average molecular weight is 179 g/mol. The standard InChI is InChI=1S/C10H13NO2/c1-2-3-7-4-5-8(10(12)13)6-9(7)11/h4-6H,2-3,11H2,1H3,(H,12,13). The van der Waals surface area contributed by atoms with Gasteiger partial charge in [-0.3, -0.25) is 0 Å². The van der Waals surface area contributed by atoms with Gasteiger partial charge in [-0.25, -0.2) is 4.79 Å². The van der Waals surface area contributed by atoms with E-state index in [1.54, 1.807) is 12.1 Å². The quantitative estimate of drug-likeness (QED) is 0.697. The second kappa shape index (κ2) is 3.94. The van der Waals surface area contributed by atoms with Crippen molar-refractivity contribution in [1.29, 1.82) is 0 Å². The van der Waals surface area contributed by atoms with Gasteiger partial charge in [0.25, 0.3) is 0 Å². The maximum absolute atomic E-state index is 10.6. The second-order valence-corrected chi connectivity index (χ2v) is 2.97. The summed E-state index contributed by atoms with van der Waals surface area (Å²) in [7, 11) is 0. The van der Waals surface area contributed by atoms with Crippen LogP contribution >= 0.6 is 0 Å². The fraction of sp³-hybridized carbons (Fsp3) is 0.300. The van der Waals surface area contributed by atoms with E-state index in [0.717, 1.165) is 18.4 Å². The summed E-state index contributed by atoms with van der Waals surface area (Å²) in [6.07, 6.45) is 1.91. The number of carboxylic acids is 1. The van der Waals surface area contributed by atoms with Crippen molar-refractivity contribution in [1.82, 2.24) is 0 Å². The SMILES string of the molecule is CCCc1ccc(C(=O)O)cc1N. The Balaban J connectivity index is 2.98. The maximum Gasteiger partial charge on any atom is 0.335 e. The molecule has 13 heavy (non-hydrogen) atoms. The van der Waals surface area contributed by atoms with E-state index in [1.165, 1.54) is 6.07 Å². The molecular weight excluding hydrogens is 166 g/mol. The minimum atomic E-state index is -0.935. The monoisotopic (exact) mass is 179 g/mol. The van der Waals surface area contributed by atoms with Crippen molar-refractivity contribution in [2.75, 3.05) is 5.73 Å². The molecule has 3 N–H and O–H groups in total. The third kappa shape index (κ3) is 2.21. The molecule has 0 amide bonds. The van der Waals surface area contributed by atoms with Gasteiger partial charge in [0.1, 0.15) is 0 Å². The minimum absolute atomic E-state index is 0.248. The number of hydrogen-bond acceptors (Lipinski definition) is 2. The van der Waals surface area contributed by atoms with Gasteiger partial charge in [0.15, 0.2) is 0 Å². The van der Waals surface area contributed by atoms with Crippen LogP contribution < -0.4 is 5.73 Å². The molecule has 0 aliphatic rings. The number of rotatable bonds is 3. The van der Waals surface area contributed by atoms with Gasteiger partial charge in [-0.05, 0) is 24.1 Å². The lowest BCUT2D eigenvalue weighted by atomic mass is 10.1.